The van der Waals surface area contributed by atoms with Crippen LogP contribution >= 0.6 is 12.2 Å². The lowest BCUT2D eigenvalue weighted by atomic mass is 10.1. The van der Waals surface area contributed by atoms with Gasteiger partial charge in [0.1, 0.15) is 11.4 Å². The number of para-hydroxylation sites is 2. The van der Waals surface area contributed by atoms with Crippen LogP contribution in [0.2, 0.25) is 0 Å². The number of hydrogen-bond acceptors (Lipinski definition) is 4. The Hall–Kier alpha value is -3.06. The first-order valence-electron chi connectivity index (χ1n) is 7.14. The summed E-state index contributed by atoms with van der Waals surface area (Å²) < 4.78 is 0. The average Bonchev–Trinajstić information content (AvgIpc) is 2.81. The molecule has 1 aliphatic heterocycles. The standard InChI is InChI=1S/C17H13N3O3S/c1-11-5-4-6-12(9-11)10-13-16(21)19(17(24)18-13)14-7-2-3-8-15(14)20(22)23/h2-10H,1H3,(H,18,24)/b13-10-. The van der Waals surface area contributed by atoms with Crippen molar-refractivity contribution in [2.45, 2.75) is 6.92 Å². The molecule has 1 amide bonds. The van der Waals surface area contributed by atoms with Crippen LogP contribution in [-0.4, -0.2) is 15.9 Å². The largest absolute Gasteiger partial charge is 0.327 e. The molecule has 7 heteroatoms. The summed E-state index contributed by atoms with van der Waals surface area (Å²) in [5, 5.41) is 14.1. The van der Waals surface area contributed by atoms with Crippen LogP contribution in [0.25, 0.3) is 6.08 Å². The second-order valence-electron chi connectivity index (χ2n) is 5.29. The summed E-state index contributed by atoms with van der Waals surface area (Å²) in [4.78, 5) is 24.5. The molecule has 6 nitrogen and oxygen atoms in total. The summed E-state index contributed by atoms with van der Waals surface area (Å²) >= 11 is 5.20. The molecule has 24 heavy (non-hydrogen) atoms. The van der Waals surface area contributed by atoms with Gasteiger partial charge in [0, 0.05) is 6.07 Å². The summed E-state index contributed by atoms with van der Waals surface area (Å²) in [7, 11) is 0. The van der Waals surface area contributed by atoms with E-state index in [0.29, 0.717) is 0 Å². The van der Waals surface area contributed by atoms with E-state index in [0.717, 1.165) is 16.0 Å². The molecule has 1 saturated heterocycles. The van der Waals surface area contributed by atoms with Crippen molar-refractivity contribution in [1.82, 2.24) is 5.32 Å². The molecule has 1 heterocycles. The van der Waals surface area contributed by atoms with Crippen molar-refractivity contribution in [3.63, 3.8) is 0 Å². The summed E-state index contributed by atoms with van der Waals surface area (Å²) in [6.07, 6.45) is 1.68. The van der Waals surface area contributed by atoms with E-state index in [-0.39, 0.29) is 22.2 Å². The van der Waals surface area contributed by atoms with Gasteiger partial charge in [-0.05, 0) is 36.8 Å². The third-order valence-electron chi connectivity index (χ3n) is 3.55. The smallest absolute Gasteiger partial charge is 0.293 e. The molecule has 0 saturated carbocycles. The average molecular weight is 339 g/mol. The van der Waals surface area contributed by atoms with E-state index in [4.69, 9.17) is 12.2 Å². The fraction of sp³-hybridized carbons (Fsp3) is 0.0588. The van der Waals surface area contributed by atoms with E-state index in [1.54, 1.807) is 18.2 Å². The monoisotopic (exact) mass is 339 g/mol. The van der Waals surface area contributed by atoms with Crippen LogP contribution in [0.3, 0.4) is 0 Å². The molecule has 120 valence electrons. The lowest BCUT2D eigenvalue weighted by Gasteiger charge is -2.13. The molecule has 0 aliphatic carbocycles. The van der Waals surface area contributed by atoms with Crippen LogP contribution in [0.15, 0.2) is 54.2 Å². The maximum absolute atomic E-state index is 12.7. The predicted molar refractivity (Wildman–Crippen MR) is 95.5 cm³/mol. The van der Waals surface area contributed by atoms with Crippen molar-refractivity contribution in [2.75, 3.05) is 4.90 Å². The SMILES string of the molecule is Cc1cccc(/C=C2\NC(=S)N(c3ccccc3[N+](=O)[O-])C2=O)c1. The topological polar surface area (TPSA) is 75.5 Å². The van der Waals surface area contributed by atoms with Crippen LogP contribution in [0.5, 0.6) is 0 Å². The molecule has 3 rings (SSSR count). The fourth-order valence-electron chi connectivity index (χ4n) is 2.49. The van der Waals surface area contributed by atoms with E-state index in [1.807, 2.05) is 31.2 Å². The molecule has 1 aliphatic rings. The molecular formula is C17H13N3O3S. The number of hydrogen-bond donors (Lipinski definition) is 1. The second kappa shape index (κ2) is 6.21. The maximum atomic E-state index is 12.7. The number of nitro benzene ring substituents is 1. The van der Waals surface area contributed by atoms with Gasteiger partial charge in [0.25, 0.3) is 11.6 Å². The molecule has 2 aromatic carbocycles. The Morgan fingerprint density at radius 3 is 2.67 bits per heavy atom. The maximum Gasteiger partial charge on any atom is 0.293 e. The third kappa shape index (κ3) is 2.89. The van der Waals surface area contributed by atoms with Crippen molar-refractivity contribution in [3.05, 3.63) is 75.5 Å². The number of thiocarbonyl (C=S) groups is 1. The Balaban J connectivity index is 2.00. The van der Waals surface area contributed by atoms with Crippen molar-refractivity contribution in [1.29, 1.82) is 0 Å². The zero-order valence-electron chi connectivity index (χ0n) is 12.7. The van der Waals surface area contributed by atoms with Crippen LogP contribution in [0.1, 0.15) is 11.1 Å². The summed E-state index contributed by atoms with van der Waals surface area (Å²) in [5.74, 6) is -0.421. The van der Waals surface area contributed by atoms with Crippen molar-refractivity contribution in [3.8, 4) is 0 Å². The lowest BCUT2D eigenvalue weighted by Crippen LogP contribution is -2.30. The normalized spacial score (nSPS) is 15.7. The Morgan fingerprint density at radius 2 is 1.96 bits per heavy atom. The number of benzene rings is 2. The number of carbonyl (C=O) groups is 1. The highest BCUT2D eigenvalue weighted by Gasteiger charge is 2.35. The number of anilines is 1. The second-order valence-corrected chi connectivity index (χ2v) is 5.68. The number of aryl methyl sites for hydroxylation is 1. The summed E-state index contributed by atoms with van der Waals surface area (Å²) in [6, 6.07) is 13.6. The molecular weight excluding hydrogens is 326 g/mol. The van der Waals surface area contributed by atoms with Crippen molar-refractivity contribution in [2.24, 2.45) is 0 Å². The van der Waals surface area contributed by atoms with Crippen LogP contribution in [0, 0.1) is 17.0 Å². The van der Waals surface area contributed by atoms with Crippen LogP contribution in [-0.2, 0) is 4.79 Å². The molecule has 0 bridgehead atoms. The van der Waals surface area contributed by atoms with E-state index in [2.05, 4.69) is 5.32 Å². The highest BCUT2D eigenvalue weighted by molar-refractivity contribution is 7.80. The third-order valence-corrected chi connectivity index (χ3v) is 3.84. The van der Waals surface area contributed by atoms with Gasteiger partial charge < -0.3 is 5.32 Å². The van der Waals surface area contributed by atoms with Gasteiger partial charge in [-0.2, -0.15) is 0 Å². The summed E-state index contributed by atoms with van der Waals surface area (Å²) in [6.45, 7) is 1.95. The van der Waals surface area contributed by atoms with E-state index < -0.39 is 10.8 Å². The van der Waals surface area contributed by atoms with Gasteiger partial charge in [0.15, 0.2) is 5.11 Å². The molecule has 0 aromatic heterocycles. The van der Waals surface area contributed by atoms with Gasteiger partial charge in [0.2, 0.25) is 0 Å². The van der Waals surface area contributed by atoms with Gasteiger partial charge in [-0.15, -0.1) is 0 Å². The molecule has 0 atom stereocenters. The first-order valence-corrected chi connectivity index (χ1v) is 7.55. The Bertz CT molecular complexity index is 892. The quantitative estimate of drug-likeness (QED) is 0.402. The number of carbonyl (C=O) groups excluding carboxylic acids is 1. The van der Waals surface area contributed by atoms with E-state index in [1.165, 1.54) is 12.1 Å². The van der Waals surface area contributed by atoms with E-state index in [9.17, 15) is 14.9 Å². The molecule has 1 N–H and O–H groups in total. The highest BCUT2D eigenvalue weighted by Crippen LogP contribution is 2.31. The molecule has 0 unspecified atom stereocenters. The van der Waals surface area contributed by atoms with Crippen LogP contribution < -0.4 is 10.2 Å². The predicted octanol–water partition coefficient (Wildman–Crippen LogP) is 3.17. The minimum Gasteiger partial charge on any atom is -0.327 e. The van der Waals surface area contributed by atoms with Crippen LogP contribution in [0.4, 0.5) is 11.4 Å². The zero-order chi connectivity index (χ0) is 17.3. The lowest BCUT2D eigenvalue weighted by molar-refractivity contribution is -0.384. The Labute approximate surface area is 143 Å². The number of nitrogens with zero attached hydrogens (tertiary/aromatic N) is 2. The Kier molecular flexibility index (Phi) is 4.09. The minimum atomic E-state index is -0.534. The van der Waals surface area contributed by atoms with Crippen molar-refractivity contribution >= 4 is 40.7 Å². The minimum absolute atomic E-state index is 0.119. The Morgan fingerprint density at radius 1 is 1.21 bits per heavy atom. The van der Waals surface area contributed by atoms with Gasteiger partial charge in [-0.25, -0.2) is 4.90 Å². The number of nitro groups is 1. The van der Waals surface area contributed by atoms with E-state index >= 15 is 0 Å². The van der Waals surface area contributed by atoms with Gasteiger partial charge >= 0.3 is 0 Å². The van der Waals surface area contributed by atoms with Gasteiger partial charge in [0.05, 0.1) is 4.92 Å². The molecule has 2 aromatic rings. The summed E-state index contributed by atoms with van der Waals surface area (Å²) in [5.41, 5.74) is 2.17. The van der Waals surface area contributed by atoms with Gasteiger partial charge in [-0.1, -0.05) is 42.0 Å². The van der Waals surface area contributed by atoms with Gasteiger partial charge in [-0.3, -0.25) is 14.9 Å². The molecule has 0 radical (unpaired) electrons. The first-order chi connectivity index (χ1) is 11.5. The van der Waals surface area contributed by atoms with Crippen molar-refractivity contribution < 1.29 is 9.72 Å². The number of nitrogens with one attached hydrogen (secondary N) is 1. The number of amides is 1. The fourth-order valence-corrected chi connectivity index (χ4v) is 2.78. The number of rotatable bonds is 3. The zero-order valence-corrected chi connectivity index (χ0v) is 13.5. The first kappa shape index (κ1) is 15.8. The highest BCUT2D eigenvalue weighted by atomic mass is 32.1. The molecule has 1 fully saturated rings. The molecule has 0 spiro atoms.